The summed E-state index contributed by atoms with van der Waals surface area (Å²) in [6, 6.07) is 0. The molecule has 0 spiro atoms. The summed E-state index contributed by atoms with van der Waals surface area (Å²) < 4.78 is 9.95. The summed E-state index contributed by atoms with van der Waals surface area (Å²) in [6.45, 7) is 5.03. The fraction of sp³-hybridized carbons (Fsp3) is 0.846. The molecule has 3 rings (SSSR count). The lowest BCUT2D eigenvalue weighted by Crippen LogP contribution is -2.58. The molecule has 4 nitrogen and oxygen atoms in total. The highest BCUT2D eigenvalue weighted by Crippen LogP contribution is 2.62. The van der Waals surface area contributed by atoms with Crippen molar-refractivity contribution in [1.29, 1.82) is 10.5 Å². The Labute approximate surface area is 102 Å². The van der Waals surface area contributed by atoms with E-state index in [0.29, 0.717) is 29.8 Å². The van der Waals surface area contributed by atoms with E-state index in [0.717, 1.165) is 12.8 Å². The Hall–Kier alpha value is -1.42. The minimum Gasteiger partial charge on any atom is -0.428 e. The fourth-order valence-electron chi connectivity index (χ4n) is 3.73. The lowest BCUT2D eigenvalue weighted by Gasteiger charge is -2.61. The molecule has 0 heterocycles. The van der Waals surface area contributed by atoms with Crippen molar-refractivity contribution in [2.45, 2.75) is 39.2 Å². The maximum atomic E-state index is 8.68. The molecule has 0 aromatic carbocycles. The third-order valence-corrected chi connectivity index (χ3v) is 4.88. The SMILES string of the molecule is CC1(C)C2CC(OC#N)C(CCOC#N)C1C2. The Morgan fingerprint density at radius 3 is 2.59 bits per heavy atom. The second-order valence-corrected chi connectivity index (χ2v) is 5.74. The Morgan fingerprint density at radius 2 is 2.00 bits per heavy atom. The van der Waals surface area contributed by atoms with Gasteiger partial charge in [-0.3, -0.25) is 0 Å². The minimum atomic E-state index is 0.0269. The molecule has 3 aliphatic rings. The standard InChI is InChI=1S/C13H18N2O2/c1-13(2)9-5-11(13)10(3-4-16-7-14)12(6-9)17-8-15/h9-12H,3-6H2,1-2H3. The summed E-state index contributed by atoms with van der Waals surface area (Å²) >= 11 is 0. The maximum absolute atomic E-state index is 8.68. The van der Waals surface area contributed by atoms with Gasteiger partial charge in [-0.05, 0) is 36.5 Å². The van der Waals surface area contributed by atoms with Crippen LogP contribution in [-0.4, -0.2) is 12.7 Å². The number of rotatable bonds is 4. The smallest absolute Gasteiger partial charge is 0.286 e. The van der Waals surface area contributed by atoms with Crippen LogP contribution in [0.3, 0.4) is 0 Å². The van der Waals surface area contributed by atoms with Crippen LogP contribution < -0.4 is 0 Å². The van der Waals surface area contributed by atoms with Crippen molar-refractivity contribution in [2.75, 3.05) is 6.61 Å². The minimum absolute atomic E-state index is 0.0269. The number of fused-ring (bicyclic) bond motifs is 2. The van der Waals surface area contributed by atoms with Crippen molar-refractivity contribution in [3.05, 3.63) is 0 Å². The Bertz CT molecular complexity index is 367. The zero-order valence-electron chi connectivity index (χ0n) is 10.3. The molecular weight excluding hydrogens is 216 g/mol. The van der Waals surface area contributed by atoms with Crippen molar-refractivity contribution in [2.24, 2.45) is 23.2 Å². The highest BCUT2D eigenvalue weighted by molar-refractivity contribution is 5.07. The van der Waals surface area contributed by atoms with Crippen LogP contribution in [0.5, 0.6) is 0 Å². The monoisotopic (exact) mass is 234 g/mol. The predicted molar refractivity (Wildman–Crippen MR) is 60.2 cm³/mol. The van der Waals surface area contributed by atoms with Crippen LogP contribution in [0.15, 0.2) is 0 Å². The second-order valence-electron chi connectivity index (χ2n) is 5.74. The summed E-state index contributed by atoms with van der Waals surface area (Å²) in [5.74, 6) is 1.63. The number of ether oxygens (including phenoxy) is 2. The van der Waals surface area contributed by atoms with Crippen LogP contribution in [0.2, 0.25) is 0 Å². The Kier molecular flexibility index (Phi) is 3.15. The molecule has 0 aliphatic heterocycles. The topological polar surface area (TPSA) is 66.0 Å². The van der Waals surface area contributed by atoms with Gasteiger partial charge in [-0.15, -0.1) is 0 Å². The Balaban J connectivity index is 2.01. The largest absolute Gasteiger partial charge is 0.428 e. The average Bonchev–Trinajstić information content (AvgIpc) is 2.31. The van der Waals surface area contributed by atoms with Crippen LogP contribution >= 0.6 is 0 Å². The van der Waals surface area contributed by atoms with Gasteiger partial charge in [0.1, 0.15) is 12.7 Å². The van der Waals surface area contributed by atoms with Gasteiger partial charge in [0.15, 0.2) is 0 Å². The molecule has 17 heavy (non-hydrogen) atoms. The summed E-state index contributed by atoms with van der Waals surface area (Å²) in [5, 5.41) is 17.1. The lowest BCUT2D eigenvalue weighted by molar-refractivity contribution is -0.163. The number of nitrogens with zero attached hydrogens (tertiary/aromatic N) is 2. The van der Waals surface area contributed by atoms with Gasteiger partial charge in [0, 0.05) is 5.92 Å². The Morgan fingerprint density at radius 1 is 1.24 bits per heavy atom. The van der Waals surface area contributed by atoms with Crippen molar-refractivity contribution < 1.29 is 9.47 Å². The van der Waals surface area contributed by atoms with Gasteiger partial charge in [0.05, 0.1) is 0 Å². The van der Waals surface area contributed by atoms with E-state index in [1.807, 2.05) is 6.26 Å². The molecule has 0 aromatic rings. The first-order chi connectivity index (χ1) is 8.11. The summed E-state index contributed by atoms with van der Waals surface area (Å²) in [4.78, 5) is 0. The normalized spacial score (nSPS) is 37.2. The molecule has 0 amide bonds. The molecule has 3 saturated carbocycles. The van der Waals surface area contributed by atoms with Crippen molar-refractivity contribution in [3.63, 3.8) is 0 Å². The third kappa shape index (κ3) is 1.93. The van der Waals surface area contributed by atoms with Gasteiger partial charge in [-0.25, -0.2) is 0 Å². The fourth-order valence-corrected chi connectivity index (χ4v) is 3.73. The molecule has 3 fully saturated rings. The van der Waals surface area contributed by atoms with Crippen molar-refractivity contribution in [3.8, 4) is 12.5 Å². The van der Waals surface area contributed by atoms with Crippen LogP contribution in [0.4, 0.5) is 0 Å². The van der Waals surface area contributed by atoms with Crippen LogP contribution in [0.25, 0.3) is 0 Å². The van der Waals surface area contributed by atoms with Crippen LogP contribution in [0, 0.1) is 46.2 Å². The van der Waals surface area contributed by atoms with E-state index >= 15 is 0 Å². The number of hydrogen-bond acceptors (Lipinski definition) is 4. The molecule has 4 unspecified atom stereocenters. The van der Waals surface area contributed by atoms with Crippen LogP contribution in [0.1, 0.15) is 33.1 Å². The van der Waals surface area contributed by atoms with Gasteiger partial charge in [0.2, 0.25) is 0 Å². The molecule has 3 aliphatic carbocycles. The summed E-state index contributed by atoms with van der Waals surface area (Å²) in [5.41, 5.74) is 0.354. The van der Waals surface area contributed by atoms with E-state index in [1.165, 1.54) is 6.42 Å². The molecule has 0 radical (unpaired) electrons. The van der Waals surface area contributed by atoms with Gasteiger partial charge < -0.3 is 9.47 Å². The quantitative estimate of drug-likeness (QED) is 0.553. The molecule has 92 valence electrons. The van der Waals surface area contributed by atoms with E-state index in [4.69, 9.17) is 20.0 Å². The van der Waals surface area contributed by atoms with Crippen LogP contribution in [-0.2, 0) is 9.47 Å². The van der Waals surface area contributed by atoms with Crippen molar-refractivity contribution in [1.82, 2.24) is 0 Å². The van der Waals surface area contributed by atoms with Gasteiger partial charge >= 0.3 is 0 Å². The second kappa shape index (κ2) is 4.45. The molecule has 0 saturated heterocycles. The first-order valence-corrected chi connectivity index (χ1v) is 6.17. The van der Waals surface area contributed by atoms with Crippen molar-refractivity contribution >= 4 is 0 Å². The van der Waals surface area contributed by atoms with Gasteiger partial charge in [-0.1, -0.05) is 13.8 Å². The summed E-state index contributed by atoms with van der Waals surface area (Å²) in [7, 11) is 0. The van der Waals surface area contributed by atoms with Gasteiger partial charge in [-0.2, -0.15) is 10.5 Å². The van der Waals surface area contributed by atoms with E-state index < -0.39 is 0 Å². The summed E-state index contributed by atoms with van der Waals surface area (Å²) in [6.07, 6.45) is 6.55. The maximum Gasteiger partial charge on any atom is 0.286 e. The van der Waals surface area contributed by atoms with E-state index in [-0.39, 0.29) is 6.10 Å². The average molecular weight is 234 g/mol. The first kappa shape index (κ1) is 12.0. The third-order valence-electron chi connectivity index (χ3n) is 4.88. The first-order valence-electron chi connectivity index (χ1n) is 6.17. The van der Waals surface area contributed by atoms with Gasteiger partial charge in [0.25, 0.3) is 12.5 Å². The molecule has 2 bridgehead atoms. The number of nitriles is 2. The lowest BCUT2D eigenvalue weighted by atomic mass is 9.44. The number of hydrogen-bond donors (Lipinski definition) is 0. The molecule has 4 heteroatoms. The zero-order valence-corrected chi connectivity index (χ0v) is 10.3. The van der Waals surface area contributed by atoms with E-state index in [9.17, 15) is 0 Å². The highest BCUT2D eigenvalue weighted by Gasteiger charge is 2.58. The molecule has 4 atom stereocenters. The zero-order chi connectivity index (χ0) is 12.5. The highest BCUT2D eigenvalue weighted by atomic mass is 16.5. The molecule has 0 aromatic heterocycles. The predicted octanol–water partition coefficient (Wildman–Crippen LogP) is 2.42. The molecule has 0 N–H and O–H groups in total. The van der Waals surface area contributed by atoms with E-state index in [2.05, 4.69) is 13.8 Å². The molecular formula is C13H18N2O2. The van der Waals surface area contributed by atoms with E-state index in [1.54, 1.807) is 6.26 Å².